The Kier molecular flexibility index (Phi) is 7.70. The third-order valence-corrected chi connectivity index (χ3v) is 4.87. The highest BCUT2D eigenvalue weighted by atomic mass is 16.7. The van der Waals surface area contributed by atoms with Crippen LogP contribution in [0, 0.1) is 0 Å². The number of carboxylic acids is 1. The second-order valence-corrected chi connectivity index (χ2v) is 6.82. The number of hydrogen-bond acceptors (Lipinski definition) is 10. The fraction of sp³-hybridized carbons (Fsp3) is 0.875. The number of hydrogen-bond donors (Lipinski definition) is 6. The van der Waals surface area contributed by atoms with E-state index in [4.69, 9.17) is 18.9 Å². The molecule has 0 aliphatic carbocycles. The minimum Gasteiger partial charge on any atom is -0.479 e. The maximum Gasteiger partial charge on any atom is 0.335 e. The average Bonchev–Trinajstić information content (AvgIpc) is 2.63. The normalized spacial score (nSPS) is 44.1. The van der Waals surface area contributed by atoms with Crippen molar-refractivity contribution in [3.05, 3.63) is 0 Å². The lowest BCUT2D eigenvalue weighted by atomic mass is 9.92. The van der Waals surface area contributed by atoms with E-state index in [1.54, 1.807) is 6.92 Å². The van der Waals surface area contributed by atoms with Gasteiger partial charge in [0.2, 0.25) is 5.91 Å². The number of nitrogens with one attached hydrogen (secondary N) is 1. The number of aliphatic hydroxyl groups is 4. The molecule has 0 radical (unpaired) electrons. The van der Waals surface area contributed by atoms with Gasteiger partial charge in [0.1, 0.15) is 36.6 Å². The Hall–Kier alpha value is -1.38. The molecule has 5 unspecified atom stereocenters. The van der Waals surface area contributed by atoms with Gasteiger partial charge in [-0.05, 0) is 6.92 Å². The lowest BCUT2D eigenvalue weighted by Gasteiger charge is -2.47. The van der Waals surface area contributed by atoms with Crippen molar-refractivity contribution in [1.82, 2.24) is 5.32 Å². The summed E-state index contributed by atoms with van der Waals surface area (Å²) in [5, 5.41) is 52.2. The second kappa shape index (κ2) is 9.41. The minimum atomic E-state index is -1.70. The van der Waals surface area contributed by atoms with Gasteiger partial charge < -0.3 is 49.8 Å². The molecule has 28 heavy (non-hydrogen) atoms. The van der Waals surface area contributed by atoms with Gasteiger partial charge in [0.25, 0.3) is 0 Å². The van der Waals surface area contributed by atoms with Gasteiger partial charge in [-0.3, -0.25) is 4.79 Å². The van der Waals surface area contributed by atoms with E-state index in [0.717, 1.165) is 7.11 Å². The molecule has 0 spiro atoms. The molecule has 2 saturated heterocycles. The first kappa shape index (κ1) is 22.9. The van der Waals surface area contributed by atoms with Crippen LogP contribution < -0.4 is 5.32 Å². The Labute approximate surface area is 160 Å². The lowest BCUT2D eigenvalue weighted by Crippen LogP contribution is -2.67. The van der Waals surface area contributed by atoms with E-state index in [-0.39, 0.29) is 0 Å². The molecule has 12 heteroatoms. The van der Waals surface area contributed by atoms with Crippen LogP contribution in [0.2, 0.25) is 0 Å². The molecule has 6 N–H and O–H groups in total. The molecule has 1 amide bonds. The zero-order chi connectivity index (χ0) is 21.2. The van der Waals surface area contributed by atoms with Gasteiger partial charge in [-0.25, -0.2) is 4.79 Å². The standard InChI is InChI=1S/C16H27NO11/c1-5-8(17-6(2)19)12(9(20)7(4-18)26-5)27-16-11(22)10(21)13(25-3)14(28-16)15(23)24/h5,7-14,16,18,20-22H,4H2,1-3H3,(H,17,19)(H,23,24)/t5-,7?,8?,9+,10?,11-,12?,13-,14?,16+/m0/s1. The smallest absolute Gasteiger partial charge is 0.335 e. The van der Waals surface area contributed by atoms with Crippen LogP contribution in [0.1, 0.15) is 13.8 Å². The number of methoxy groups -OCH3 is 1. The van der Waals surface area contributed by atoms with Crippen LogP contribution in [-0.4, -0.2) is 112 Å². The molecular weight excluding hydrogens is 382 g/mol. The van der Waals surface area contributed by atoms with E-state index in [1.165, 1.54) is 6.92 Å². The maximum absolute atomic E-state index is 11.5. The van der Waals surface area contributed by atoms with E-state index in [0.29, 0.717) is 0 Å². The van der Waals surface area contributed by atoms with Crippen molar-refractivity contribution < 1.29 is 54.1 Å². The highest BCUT2D eigenvalue weighted by Crippen LogP contribution is 2.30. The average molecular weight is 409 g/mol. The van der Waals surface area contributed by atoms with E-state index in [9.17, 15) is 35.1 Å². The van der Waals surface area contributed by atoms with Crippen molar-refractivity contribution in [2.24, 2.45) is 0 Å². The monoisotopic (exact) mass is 409 g/mol. The number of aliphatic carboxylic acids is 1. The van der Waals surface area contributed by atoms with Crippen molar-refractivity contribution in [3.8, 4) is 0 Å². The molecule has 0 aromatic heterocycles. The van der Waals surface area contributed by atoms with Crippen LogP contribution in [0.4, 0.5) is 0 Å². The molecular formula is C16H27NO11. The van der Waals surface area contributed by atoms with Gasteiger partial charge >= 0.3 is 5.97 Å². The van der Waals surface area contributed by atoms with Crippen molar-refractivity contribution in [2.75, 3.05) is 13.7 Å². The fourth-order valence-electron chi connectivity index (χ4n) is 3.45. The molecule has 12 nitrogen and oxygen atoms in total. The number of aliphatic hydroxyl groups excluding tert-OH is 4. The molecule has 2 heterocycles. The highest BCUT2D eigenvalue weighted by molar-refractivity contribution is 5.73. The SMILES string of the molecule is CO[C@@H]1C(C(=O)O)O[C@@H](OC2C(NC(C)=O)[C@H](C)OC(CO)[C@H]2O)[C@@H](O)C1O. The summed E-state index contributed by atoms with van der Waals surface area (Å²) in [6, 6.07) is -0.897. The van der Waals surface area contributed by atoms with Crippen molar-refractivity contribution in [2.45, 2.75) is 75.0 Å². The molecule has 0 saturated carbocycles. The van der Waals surface area contributed by atoms with Gasteiger partial charge in [-0.1, -0.05) is 0 Å². The van der Waals surface area contributed by atoms with Gasteiger partial charge in [-0.2, -0.15) is 0 Å². The topological polar surface area (TPSA) is 184 Å². The Morgan fingerprint density at radius 1 is 1.07 bits per heavy atom. The summed E-state index contributed by atoms with van der Waals surface area (Å²) in [5.41, 5.74) is 0. The van der Waals surface area contributed by atoms with Crippen LogP contribution >= 0.6 is 0 Å². The van der Waals surface area contributed by atoms with Gasteiger partial charge in [-0.15, -0.1) is 0 Å². The third-order valence-electron chi connectivity index (χ3n) is 4.87. The molecule has 0 aromatic carbocycles. The van der Waals surface area contributed by atoms with Crippen LogP contribution in [-0.2, 0) is 28.5 Å². The summed E-state index contributed by atoms with van der Waals surface area (Å²) >= 11 is 0. The Balaban J connectivity index is 2.26. The van der Waals surface area contributed by atoms with Crippen molar-refractivity contribution >= 4 is 11.9 Å². The first-order valence-electron chi connectivity index (χ1n) is 8.76. The molecule has 0 bridgehead atoms. The molecule has 2 aliphatic rings. The summed E-state index contributed by atoms with van der Waals surface area (Å²) in [6.45, 7) is 2.28. The predicted octanol–water partition coefficient (Wildman–Crippen LogP) is -3.44. The van der Waals surface area contributed by atoms with E-state index >= 15 is 0 Å². The van der Waals surface area contributed by atoms with E-state index in [2.05, 4.69) is 5.32 Å². The van der Waals surface area contributed by atoms with Gasteiger partial charge in [0.15, 0.2) is 12.4 Å². The summed E-state index contributed by atoms with van der Waals surface area (Å²) in [4.78, 5) is 23.0. The molecule has 2 rings (SSSR count). The van der Waals surface area contributed by atoms with E-state index in [1.807, 2.05) is 0 Å². The lowest BCUT2D eigenvalue weighted by molar-refractivity contribution is -0.327. The first-order valence-corrected chi connectivity index (χ1v) is 8.76. The zero-order valence-electron chi connectivity index (χ0n) is 15.7. The van der Waals surface area contributed by atoms with Crippen LogP contribution in [0.3, 0.4) is 0 Å². The van der Waals surface area contributed by atoms with Crippen LogP contribution in [0.15, 0.2) is 0 Å². The molecule has 2 fully saturated rings. The summed E-state index contributed by atoms with van der Waals surface area (Å²) in [7, 11) is 1.16. The van der Waals surface area contributed by atoms with Gasteiger partial charge in [0.05, 0.1) is 18.8 Å². The second-order valence-electron chi connectivity index (χ2n) is 6.82. The van der Waals surface area contributed by atoms with Crippen molar-refractivity contribution in [3.63, 3.8) is 0 Å². The number of carboxylic acid groups (broad SMARTS) is 1. The number of carbonyl (C=O) groups excluding carboxylic acids is 1. The first-order chi connectivity index (χ1) is 13.1. The fourth-order valence-corrected chi connectivity index (χ4v) is 3.45. The summed E-state index contributed by atoms with van der Waals surface area (Å²) in [6.07, 6.45) is -12.4. The highest BCUT2D eigenvalue weighted by Gasteiger charge is 2.52. The van der Waals surface area contributed by atoms with Crippen LogP contribution in [0.5, 0.6) is 0 Å². The largest absolute Gasteiger partial charge is 0.479 e. The molecule has 2 aliphatic heterocycles. The Morgan fingerprint density at radius 3 is 2.21 bits per heavy atom. The maximum atomic E-state index is 11.5. The third kappa shape index (κ3) is 4.60. The summed E-state index contributed by atoms with van der Waals surface area (Å²) in [5.74, 6) is -1.89. The summed E-state index contributed by atoms with van der Waals surface area (Å²) < 4.78 is 21.2. The number of ether oxygens (including phenoxy) is 4. The van der Waals surface area contributed by atoms with Crippen molar-refractivity contribution in [1.29, 1.82) is 0 Å². The van der Waals surface area contributed by atoms with E-state index < -0.39 is 79.6 Å². The number of rotatable bonds is 6. The zero-order valence-corrected chi connectivity index (χ0v) is 15.7. The quantitative estimate of drug-likeness (QED) is 0.256. The number of amides is 1. The molecule has 162 valence electrons. The number of carbonyl (C=O) groups is 2. The minimum absolute atomic E-state index is 0.447. The predicted molar refractivity (Wildman–Crippen MR) is 89.0 cm³/mol. The van der Waals surface area contributed by atoms with Crippen LogP contribution in [0.25, 0.3) is 0 Å². The Bertz CT molecular complexity index is 561. The Morgan fingerprint density at radius 2 is 1.71 bits per heavy atom. The van der Waals surface area contributed by atoms with Gasteiger partial charge in [0, 0.05) is 14.0 Å². The molecule has 10 atom stereocenters. The molecule has 0 aromatic rings.